The topological polar surface area (TPSA) is 97.8 Å². The van der Waals surface area contributed by atoms with Crippen molar-refractivity contribution in [3.63, 3.8) is 0 Å². The number of nitrogens with zero attached hydrogens (tertiary/aromatic N) is 3. The summed E-state index contributed by atoms with van der Waals surface area (Å²) >= 11 is 5.96. The molecule has 2 aromatic carbocycles. The fourth-order valence-corrected chi connectivity index (χ4v) is 5.72. The van der Waals surface area contributed by atoms with E-state index in [9.17, 15) is 9.18 Å². The molecule has 2 bridgehead atoms. The first kappa shape index (κ1) is 26.9. The van der Waals surface area contributed by atoms with Crippen molar-refractivity contribution in [1.29, 1.82) is 0 Å². The number of hydrogen-bond acceptors (Lipinski definition) is 8. The maximum atomic E-state index is 13.7. The second-order valence-corrected chi connectivity index (χ2v) is 10.7. The van der Waals surface area contributed by atoms with E-state index in [0.29, 0.717) is 59.1 Å². The highest BCUT2D eigenvalue weighted by Gasteiger charge is 2.36. The van der Waals surface area contributed by atoms with Crippen LogP contribution in [-0.2, 0) is 14.3 Å². The lowest BCUT2D eigenvalue weighted by Gasteiger charge is -2.33. The Labute approximate surface area is 236 Å². The van der Waals surface area contributed by atoms with Gasteiger partial charge in [0.1, 0.15) is 30.3 Å². The minimum Gasteiger partial charge on any atom is -0.489 e. The van der Waals surface area contributed by atoms with Gasteiger partial charge in [0.2, 0.25) is 5.91 Å². The molecule has 3 aliphatic rings. The Morgan fingerprint density at radius 1 is 1.18 bits per heavy atom. The molecule has 3 aliphatic heterocycles. The molecule has 3 saturated heterocycles. The van der Waals surface area contributed by atoms with Gasteiger partial charge < -0.3 is 24.8 Å². The lowest BCUT2D eigenvalue weighted by Crippen LogP contribution is -2.45. The highest BCUT2D eigenvalue weighted by atomic mass is 35.5. The van der Waals surface area contributed by atoms with Crippen molar-refractivity contribution in [2.24, 2.45) is 0 Å². The van der Waals surface area contributed by atoms with Crippen molar-refractivity contribution >= 4 is 45.6 Å². The molecule has 0 saturated carbocycles. The van der Waals surface area contributed by atoms with E-state index >= 15 is 0 Å². The number of carbonyl (C=O) groups is 1. The van der Waals surface area contributed by atoms with E-state index in [1.54, 1.807) is 24.3 Å². The minimum absolute atomic E-state index is 0.00185. The third-order valence-corrected chi connectivity index (χ3v) is 7.89. The van der Waals surface area contributed by atoms with Gasteiger partial charge in [0.25, 0.3) is 0 Å². The molecular weight excluding hydrogens is 537 g/mol. The van der Waals surface area contributed by atoms with Gasteiger partial charge in [-0.3, -0.25) is 9.69 Å². The lowest BCUT2D eigenvalue weighted by atomic mass is 10.1. The van der Waals surface area contributed by atoms with Crippen LogP contribution in [0.5, 0.6) is 5.75 Å². The summed E-state index contributed by atoms with van der Waals surface area (Å²) in [5, 5.41) is 6.79. The minimum atomic E-state index is -0.507. The fraction of sp³-hybridized carbons (Fsp3) is 0.414. The number of amides is 1. The van der Waals surface area contributed by atoms with Gasteiger partial charge in [-0.05, 0) is 49.9 Å². The van der Waals surface area contributed by atoms with Gasteiger partial charge in [0.15, 0.2) is 0 Å². The summed E-state index contributed by atoms with van der Waals surface area (Å²) in [6.07, 6.45) is 9.09. The van der Waals surface area contributed by atoms with Crippen molar-refractivity contribution in [3.8, 4) is 5.75 Å². The van der Waals surface area contributed by atoms with Gasteiger partial charge in [-0.1, -0.05) is 17.7 Å². The Morgan fingerprint density at radius 2 is 2.02 bits per heavy atom. The predicted molar refractivity (Wildman–Crippen MR) is 151 cm³/mol. The molecule has 9 nitrogen and oxygen atoms in total. The number of nitrogens with one attached hydrogen (secondary N) is 2. The van der Waals surface area contributed by atoms with Crippen LogP contribution < -0.4 is 15.4 Å². The lowest BCUT2D eigenvalue weighted by molar-refractivity contribution is -0.112. The van der Waals surface area contributed by atoms with Crippen LogP contribution in [0, 0.1) is 5.82 Å². The summed E-state index contributed by atoms with van der Waals surface area (Å²) in [6.45, 7) is 3.30. The van der Waals surface area contributed by atoms with Crippen LogP contribution in [0.3, 0.4) is 0 Å². The smallest absolute Gasteiger partial charge is 0.248 e. The average Bonchev–Trinajstić information content (AvgIpc) is 3.54. The van der Waals surface area contributed by atoms with Gasteiger partial charge in [-0.15, -0.1) is 0 Å². The molecule has 3 aromatic rings. The Kier molecular flexibility index (Phi) is 8.10. The predicted octanol–water partition coefficient (Wildman–Crippen LogP) is 5.08. The van der Waals surface area contributed by atoms with Crippen LogP contribution in [0.1, 0.15) is 25.7 Å². The molecule has 3 atom stereocenters. The number of aromatic nitrogens is 2. The van der Waals surface area contributed by atoms with E-state index < -0.39 is 5.82 Å². The number of fused-ring (bicyclic) bond motifs is 3. The number of ether oxygens (including phenoxy) is 3. The highest BCUT2D eigenvalue weighted by Crippen LogP contribution is 2.34. The molecule has 1 aromatic heterocycles. The molecule has 2 unspecified atom stereocenters. The molecule has 6 rings (SSSR count). The molecule has 11 heteroatoms. The van der Waals surface area contributed by atoms with Crippen LogP contribution in [0.4, 0.5) is 21.6 Å². The number of carbonyl (C=O) groups excluding carboxylic acids is 1. The first-order valence-corrected chi connectivity index (χ1v) is 14.0. The second-order valence-electron chi connectivity index (χ2n) is 10.3. The van der Waals surface area contributed by atoms with E-state index in [1.165, 1.54) is 18.5 Å². The zero-order chi connectivity index (χ0) is 27.5. The number of halogens is 2. The Balaban J connectivity index is 1.23. The van der Waals surface area contributed by atoms with Crippen LogP contribution in [0.25, 0.3) is 10.9 Å². The molecular formula is C29H31ClFN5O4. The molecule has 4 heterocycles. The molecule has 0 spiro atoms. The quantitative estimate of drug-likeness (QED) is 0.345. The monoisotopic (exact) mass is 567 g/mol. The largest absolute Gasteiger partial charge is 0.489 e. The van der Waals surface area contributed by atoms with E-state index in [2.05, 4.69) is 25.5 Å². The van der Waals surface area contributed by atoms with Gasteiger partial charge >= 0.3 is 0 Å². The van der Waals surface area contributed by atoms with E-state index in [0.717, 1.165) is 45.5 Å². The maximum absolute atomic E-state index is 13.7. The second kappa shape index (κ2) is 12.1. The summed E-state index contributed by atoms with van der Waals surface area (Å²) in [4.78, 5) is 24.2. The van der Waals surface area contributed by atoms with E-state index in [4.69, 9.17) is 25.8 Å². The summed E-state index contributed by atoms with van der Waals surface area (Å²) in [6, 6.07) is 8.74. The van der Waals surface area contributed by atoms with E-state index in [1.807, 2.05) is 6.08 Å². The molecule has 40 heavy (non-hydrogen) atoms. The number of morpholine rings is 1. The summed E-state index contributed by atoms with van der Waals surface area (Å²) in [5.41, 5.74) is 1.67. The van der Waals surface area contributed by atoms with Gasteiger partial charge in [0, 0.05) is 48.5 Å². The summed E-state index contributed by atoms with van der Waals surface area (Å²) in [5.74, 6) is 0.198. The Hall–Kier alpha value is -3.31. The molecule has 0 radical (unpaired) electrons. The zero-order valence-electron chi connectivity index (χ0n) is 21.9. The normalized spacial score (nSPS) is 22.7. The maximum Gasteiger partial charge on any atom is 0.248 e. The molecule has 2 N–H and O–H groups in total. The van der Waals surface area contributed by atoms with Crippen LogP contribution >= 0.6 is 11.6 Å². The van der Waals surface area contributed by atoms with Gasteiger partial charge in [0.05, 0.1) is 35.5 Å². The molecule has 0 aliphatic carbocycles. The SMILES string of the molecule is O=C(C=CCN1C2CCC1COC2)Nc1cc2c(Nc3ccc(F)c(Cl)c3)ncnc2cc1OC[C@H]1CCCO1. The van der Waals surface area contributed by atoms with Gasteiger partial charge in [-0.2, -0.15) is 0 Å². The Morgan fingerprint density at radius 3 is 2.80 bits per heavy atom. The first-order chi connectivity index (χ1) is 19.5. The fourth-order valence-electron chi connectivity index (χ4n) is 5.54. The van der Waals surface area contributed by atoms with Gasteiger partial charge in [-0.25, -0.2) is 14.4 Å². The van der Waals surface area contributed by atoms with Crippen molar-refractivity contribution in [3.05, 3.63) is 59.7 Å². The third-order valence-electron chi connectivity index (χ3n) is 7.60. The van der Waals surface area contributed by atoms with Crippen LogP contribution in [0.2, 0.25) is 5.02 Å². The molecule has 1 amide bonds. The number of rotatable bonds is 9. The van der Waals surface area contributed by atoms with Crippen molar-refractivity contribution < 1.29 is 23.4 Å². The number of hydrogen-bond donors (Lipinski definition) is 2. The molecule has 210 valence electrons. The van der Waals surface area contributed by atoms with Crippen molar-refractivity contribution in [1.82, 2.24) is 14.9 Å². The Bertz CT molecular complexity index is 1400. The number of anilines is 3. The molecule has 3 fully saturated rings. The standard InChI is InChI=1S/C29H31ClFN5O4/c30-23-11-18(5-8-24(23)31)34-29-22-12-26(27(13-25(22)32-17-33-29)40-16-21-3-2-10-39-21)35-28(37)4-1-9-36-19-6-7-20(36)15-38-14-19/h1,4-5,8,11-13,17,19-21H,2-3,6-7,9-10,14-16H2,(H,35,37)(H,32,33,34)/t19?,20?,21-/m1/s1. The van der Waals surface area contributed by atoms with Crippen LogP contribution in [-0.4, -0.2) is 71.9 Å². The van der Waals surface area contributed by atoms with Crippen molar-refractivity contribution in [2.75, 3.05) is 43.6 Å². The van der Waals surface area contributed by atoms with E-state index in [-0.39, 0.29) is 17.0 Å². The highest BCUT2D eigenvalue weighted by molar-refractivity contribution is 6.31. The third kappa shape index (κ3) is 6.05. The average molecular weight is 568 g/mol. The van der Waals surface area contributed by atoms with Crippen LogP contribution in [0.15, 0.2) is 48.8 Å². The summed E-state index contributed by atoms with van der Waals surface area (Å²) in [7, 11) is 0. The first-order valence-electron chi connectivity index (χ1n) is 13.6. The van der Waals surface area contributed by atoms with Crippen molar-refractivity contribution in [2.45, 2.75) is 43.9 Å². The summed E-state index contributed by atoms with van der Waals surface area (Å²) < 4.78 is 31.2. The number of benzene rings is 2. The zero-order valence-corrected chi connectivity index (χ0v) is 22.7.